The Labute approximate surface area is 251 Å². The Balaban J connectivity index is 1.18. The molecule has 9 N–H and O–H groups in total. The number of nitrogen functional groups attached to an aromatic ring is 1. The van der Waals surface area contributed by atoms with E-state index in [1.807, 2.05) is 4.98 Å². The van der Waals surface area contributed by atoms with E-state index < -0.39 is 94.7 Å². The smallest absolute Gasteiger partial charge is 0.386 e. The molecule has 26 heteroatoms. The van der Waals surface area contributed by atoms with Crippen molar-refractivity contribution in [3.63, 3.8) is 0 Å². The molecule has 3 saturated heterocycles. The van der Waals surface area contributed by atoms with Gasteiger partial charge in [0.1, 0.15) is 42.3 Å². The molecule has 3 aliphatic heterocycles. The van der Waals surface area contributed by atoms with Gasteiger partial charge in [-0.15, -0.1) is 0 Å². The Kier molecular flexibility index (Phi) is 7.39. The summed E-state index contributed by atoms with van der Waals surface area (Å²) in [7, 11) is -10.2. The Bertz CT molecular complexity index is 2110. The van der Waals surface area contributed by atoms with E-state index in [1.165, 1.54) is 0 Å². The van der Waals surface area contributed by atoms with Gasteiger partial charge in [0, 0.05) is 0 Å². The van der Waals surface area contributed by atoms with Crippen molar-refractivity contribution >= 4 is 43.9 Å². The first-order chi connectivity index (χ1) is 21.7. The van der Waals surface area contributed by atoms with E-state index in [9.17, 15) is 43.5 Å². The third-order valence-corrected chi connectivity index (χ3v) is 9.37. The van der Waals surface area contributed by atoms with Crippen molar-refractivity contribution in [2.24, 2.45) is 0 Å². The lowest BCUT2D eigenvalue weighted by Gasteiger charge is -2.27. The molecule has 24 nitrogen and oxygen atoms in total. The number of imidazole rings is 2. The highest BCUT2D eigenvalue weighted by Crippen LogP contribution is 2.53. The number of nitrogens with one attached hydrogen (secondary N) is 3. The fourth-order valence-corrected chi connectivity index (χ4v) is 7.33. The van der Waals surface area contributed by atoms with Gasteiger partial charge in [-0.1, -0.05) is 0 Å². The summed E-state index contributed by atoms with van der Waals surface area (Å²) in [6.07, 6.45) is -11.2. The number of aliphatic hydroxyl groups excluding tert-OH is 2. The van der Waals surface area contributed by atoms with Crippen molar-refractivity contribution in [3.05, 3.63) is 43.8 Å². The second-order valence-corrected chi connectivity index (χ2v) is 13.1. The van der Waals surface area contributed by atoms with Gasteiger partial charge in [0.2, 0.25) is 5.95 Å². The number of ether oxygens (including phenoxy) is 2. The highest BCUT2D eigenvalue weighted by molar-refractivity contribution is 7.47. The molecule has 4 unspecified atom stereocenters. The molecule has 0 aromatic carbocycles. The van der Waals surface area contributed by atoms with Crippen LogP contribution in [-0.2, 0) is 36.7 Å². The van der Waals surface area contributed by atoms with E-state index in [0.29, 0.717) is 0 Å². The molecular weight excluding hydrogens is 668 g/mol. The van der Waals surface area contributed by atoms with Crippen molar-refractivity contribution in [2.75, 3.05) is 18.9 Å². The van der Waals surface area contributed by atoms with Gasteiger partial charge in [-0.3, -0.25) is 51.8 Å². The van der Waals surface area contributed by atoms with E-state index in [4.69, 9.17) is 33.3 Å². The van der Waals surface area contributed by atoms with E-state index >= 15 is 0 Å². The Morgan fingerprint density at radius 2 is 1.33 bits per heavy atom. The lowest BCUT2D eigenvalue weighted by molar-refractivity contribution is -0.0664. The maximum atomic E-state index is 13.1. The van der Waals surface area contributed by atoms with Crippen LogP contribution in [0.2, 0.25) is 0 Å². The summed E-state index contributed by atoms with van der Waals surface area (Å²) < 4.78 is 60.3. The second kappa shape index (κ2) is 11.0. The van der Waals surface area contributed by atoms with Crippen LogP contribution >= 0.6 is 15.6 Å². The molecule has 46 heavy (non-hydrogen) atoms. The molecule has 0 aliphatic carbocycles. The van der Waals surface area contributed by atoms with Gasteiger partial charge in [-0.05, 0) is 0 Å². The van der Waals surface area contributed by atoms with Gasteiger partial charge in [0.25, 0.3) is 11.1 Å². The minimum atomic E-state index is -5.12. The van der Waals surface area contributed by atoms with E-state index in [-0.39, 0.29) is 28.3 Å². The van der Waals surface area contributed by atoms with Crippen LogP contribution in [-0.4, -0.2) is 109 Å². The van der Waals surface area contributed by atoms with Crippen molar-refractivity contribution in [1.82, 2.24) is 39.0 Å². The van der Waals surface area contributed by atoms with Crippen LogP contribution in [0.25, 0.3) is 22.3 Å². The predicted octanol–water partition coefficient (Wildman–Crippen LogP) is -3.34. The van der Waals surface area contributed by atoms with Crippen molar-refractivity contribution in [3.8, 4) is 0 Å². The molecular formula is C20H23N9O15P2. The number of rotatable bonds is 2. The van der Waals surface area contributed by atoms with Gasteiger partial charge in [0.15, 0.2) is 29.1 Å². The molecule has 10 atom stereocenters. The number of fused-ring (bicyclic) bond motifs is 4. The van der Waals surface area contributed by atoms with Crippen LogP contribution in [0.5, 0.6) is 0 Å². The number of H-pyrrole nitrogens is 3. The SMILES string of the molecule is Nc1nc2c(ncn2[C@@H]2O[C@@H]3COP(=O)(O)OC4[C@@H](COP(=O)(O)OC3[C@@H]2O)O[C@@H](n2cnc3c(=O)[nH]c(=O)[nH]c32)[C@H]4O)c(=O)[nH]1. The first-order valence-corrected chi connectivity index (χ1v) is 16.1. The zero-order valence-corrected chi connectivity index (χ0v) is 24.5. The van der Waals surface area contributed by atoms with Gasteiger partial charge >= 0.3 is 21.3 Å². The van der Waals surface area contributed by atoms with Gasteiger partial charge in [-0.2, -0.15) is 4.98 Å². The van der Waals surface area contributed by atoms with E-state index in [1.54, 1.807) is 0 Å². The zero-order chi connectivity index (χ0) is 32.7. The first kappa shape index (κ1) is 31.0. The van der Waals surface area contributed by atoms with Gasteiger partial charge < -0.3 is 35.2 Å². The molecule has 3 fully saturated rings. The molecule has 0 spiro atoms. The van der Waals surface area contributed by atoms with Crippen molar-refractivity contribution in [1.29, 1.82) is 0 Å². The standard InChI is InChI=1S/C20H23N9O15P2/c21-19-24-13-7(15(32)26-19)22-3-28(13)17-9(30)11-5(41-17)1-39-46(37,38)44-12-6(2-40-45(35,36)43-11)42-18(10(12)31)29-4-23-8-14(29)25-20(34)27-16(8)33/h3-6,9-12,17-18,30-31H,1-2H2,(H,35,36)(H,37,38)(H3,21,24,26,32)(H2,25,27,33,34)/t5-,6-,9+,10+,11?,12?,17-,18-/m1/s1. The number of aromatic nitrogens is 8. The number of nitrogens with two attached hydrogens (primary N) is 1. The topological polar surface area (TPSA) is 344 Å². The largest absolute Gasteiger partial charge is 0.472 e. The highest BCUT2D eigenvalue weighted by atomic mass is 31.2. The predicted molar refractivity (Wildman–Crippen MR) is 145 cm³/mol. The maximum absolute atomic E-state index is 13.1. The third-order valence-electron chi connectivity index (χ3n) is 7.40. The number of phosphoric ester groups is 2. The molecule has 0 radical (unpaired) electrons. The summed E-state index contributed by atoms with van der Waals surface area (Å²) >= 11 is 0. The maximum Gasteiger partial charge on any atom is 0.472 e. The highest BCUT2D eigenvalue weighted by Gasteiger charge is 2.54. The number of hydrogen-bond acceptors (Lipinski definition) is 17. The van der Waals surface area contributed by atoms with Gasteiger partial charge in [0.05, 0.1) is 25.9 Å². The summed E-state index contributed by atoms with van der Waals surface area (Å²) in [6, 6.07) is 0. The molecule has 4 aromatic rings. The average molecular weight is 691 g/mol. The summed E-state index contributed by atoms with van der Waals surface area (Å²) in [5.41, 5.74) is 2.44. The van der Waals surface area contributed by atoms with E-state index in [2.05, 4.69) is 24.9 Å². The number of anilines is 1. The Morgan fingerprint density at radius 3 is 1.93 bits per heavy atom. The van der Waals surface area contributed by atoms with Crippen molar-refractivity contribution in [2.45, 2.75) is 49.1 Å². The number of hydrogen-bond donors (Lipinski definition) is 8. The number of aliphatic hydroxyl groups is 2. The fourth-order valence-electron chi connectivity index (χ4n) is 5.41. The van der Waals surface area contributed by atoms with Gasteiger partial charge in [-0.25, -0.2) is 23.9 Å². The van der Waals surface area contributed by atoms with Crippen LogP contribution in [0.15, 0.2) is 27.0 Å². The molecule has 7 rings (SSSR count). The lowest BCUT2D eigenvalue weighted by Crippen LogP contribution is -2.39. The van der Waals surface area contributed by atoms with E-state index in [0.717, 1.165) is 21.8 Å². The molecule has 0 amide bonds. The lowest BCUT2D eigenvalue weighted by atomic mass is 10.1. The quantitative estimate of drug-likeness (QED) is 0.0952. The Morgan fingerprint density at radius 1 is 0.804 bits per heavy atom. The van der Waals surface area contributed by atoms with Crippen LogP contribution in [0.4, 0.5) is 5.95 Å². The number of nitrogens with zero attached hydrogens (tertiary/aromatic N) is 5. The number of phosphoric acid groups is 2. The fraction of sp³-hybridized carbons (Fsp3) is 0.500. The third kappa shape index (κ3) is 5.33. The normalized spacial score (nSPS) is 37.1. The zero-order valence-electron chi connectivity index (χ0n) is 22.7. The molecule has 3 aliphatic rings. The van der Waals surface area contributed by atoms with Crippen LogP contribution in [0.3, 0.4) is 0 Å². The van der Waals surface area contributed by atoms with Crippen LogP contribution in [0, 0.1) is 0 Å². The minimum absolute atomic E-state index is 0.129. The summed E-state index contributed by atoms with van der Waals surface area (Å²) in [6.45, 7) is -1.78. The minimum Gasteiger partial charge on any atom is -0.386 e. The average Bonchev–Trinajstić information content (AvgIpc) is 3.72. The monoisotopic (exact) mass is 691 g/mol. The molecule has 248 valence electrons. The molecule has 7 heterocycles. The van der Waals surface area contributed by atoms with Crippen molar-refractivity contribution < 1.29 is 56.7 Å². The first-order valence-electron chi connectivity index (χ1n) is 13.1. The summed E-state index contributed by atoms with van der Waals surface area (Å²) in [5, 5.41) is 22.2. The number of aromatic amines is 3. The molecule has 4 aromatic heterocycles. The van der Waals surface area contributed by atoms with Crippen LogP contribution < -0.4 is 22.5 Å². The molecule has 0 saturated carbocycles. The second-order valence-electron chi connectivity index (χ2n) is 10.3. The van der Waals surface area contributed by atoms with Crippen LogP contribution in [0.1, 0.15) is 12.5 Å². The Hall–Kier alpha value is -3.64. The summed E-state index contributed by atoms with van der Waals surface area (Å²) in [4.78, 5) is 75.6. The molecule has 0 bridgehead atoms. The summed E-state index contributed by atoms with van der Waals surface area (Å²) in [5.74, 6) is -0.287.